The Hall–Kier alpha value is -0.450. The first-order chi connectivity index (χ1) is 7.72. The maximum atomic E-state index is 9.88. The lowest BCUT2D eigenvalue weighted by Gasteiger charge is -2.36. The molecule has 3 nitrogen and oxygen atoms in total. The van der Waals surface area contributed by atoms with Gasteiger partial charge < -0.3 is 14.8 Å². The molecule has 0 aromatic carbocycles. The quantitative estimate of drug-likeness (QED) is 0.801. The van der Waals surface area contributed by atoms with Gasteiger partial charge in [0.25, 0.3) is 0 Å². The average Bonchev–Trinajstić information content (AvgIpc) is 2.64. The number of thioether (sulfide) groups is 1. The second kappa shape index (κ2) is 5.25. The van der Waals surface area contributed by atoms with Crippen molar-refractivity contribution in [3.05, 3.63) is 23.7 Å². The fourth-order valence-corrected chi connectivity index (χ4v) is 2.36. The van der Waals surface area contributed by atoms with E-state index in [1.54, 1.807) is 11.8 Å². The smallest absolute Gasteiger partial charge is 0.118 e. The predicted octanol–water partition coefficient (Wildman–Crippen LogP) is 2.15. The number of aliphatic hydroxyl groups is 1. The van der Waals surface area contributed by atoms with E-state index >= 15 is 0 Å². The summed E-state index contributed by atoms with van der Waals surface area (Å²) in [5.41, 5.74) is -0.450. The zero-order chi connectivity index (χ0) is 11.4. The topological polar surface area (TPSA) is 45.4 Å². The summed E-state index contributed by atoms with van der Waals surface area (Å²) < 4.78 is 5.63. The van der Waals surface area contributed by atoms with Gasteiger partial charge >= 0.3 is 0 Å². The standard InChI is InChI=1S/C12H19NO2S/c1-16-8-11-4-3-10(15-11)7-13-9-12(14)5-2-6-12/h3-4,13-14H,2,5-9H2,1H3. The number of nitrogens with one attached hydrogen (secondary N) is 1. The molecule has 16 heavy (non-hydrogen) atoms. The first kappa shape index (κ1) is 12.0. The highest BCUT2D eigenvalue weighted by atomic mass is 32.2. The third kappa shape index (κ3) is 3.03. The lowest BCUT2D eigenvalue weighted by Crippen LogP contribution is -2.45. The SMILES string of the molecule is CSCc1ccc(CNCC2(O)CCC2)o1. The summed E-state index contributed by atoms with van der Waals surface area (Å²) in [6, 6.07) is 4.02. The first-order valence-corrected chi connectivity index (χ1v) is 7.11. The van der Waals surface area contributed by atoms with Crippen LogP contribution in [0, 0.1) is 0 Å². The van der Waals surface area contributed by atoms with Crippen molar-refractivity contribution in [3.63, 3.8) is 0 Å². The summed E-state index contributed by atoms with van der Waals surface area (Å²) in [6.07, 6.45) is 5.06. The van der Waals surface area contributed by atoms with Gasteiger partial charge in [0.1, 0.15) is 11.5 Å². The molecule has 1 aliphatic carbocycles. The molecule has 1 aromatic heterocycles. The van der Waals surface area contributed by atoms with Crippen LogP contribution >= 0.6 is 11.8 Å². The monoisotopic (exact) mass is 241 g/mol. The molecule has 1 fully saturated rings. The minimum atomic E-state index is -0.450. The highest BCUT2D eigenvalue weighted by Crippen LogP contribution is 2.30. The van der Waals surface area contributed by atoms with E-state index < -0.39 is 5.60 Å². The molecule has 0 bridgehead atoms. The van der Waals surface area contributed by atoms with Gasteiger partial charge in [-0.25, -0.2) is 0 Å². The molecular formula is C12H19NO2S. The molecule has 0 atom stereocenters. The molecule has 0 saturated heterocycles. The number of hydrogen-bond acceptors (Lipinski definition) is 4. The molecule has 0 unspecified atom stereocenters. The Bertz CT molecular complexity index is 334. The van der Waals surface area contributed by atoms with Crippen molar-refractivity contribution in [2.45, 2.75) is 37.2 Å². The summed E-state index contributed by atoms with van der Waals surface area (Å²) in [7, 11) is 0. The molecule has 2 N–H and O–H groups in total. The van der Waals surface area contributed by atoms with Gasteiger partial charge in [0.05, 0.1) is 17.9 Å². The van der Waals surface area contributed by atoms with Crippen molar-refractivity contribution >= 4 is 11.8 Å². The van der Waals surface area contributed by atoms with Crippen LogP contribution in [0.5, 0.6) is 0 Å². The fourth-order valence-electron chi connectivity index (χ4n) is 1.92. The van der Waals surface area contributed by atoms with Gasteiger partial charge in [0.2, 0.25) is 0 Å². The number of hydrogen-bond donors (Lipinski definition) is 2. The Morgan fingerprint density at radius 3 is 2.81 bits per heavy atom. The predicted molar refractivity (Wildman–Crippen MR) is 66.4 cm³/mol. The van der Waals surface area contributed by atoms with Crippen molar-refractivity contribution in [2.24, 2.45) is 0 Å². The van der Waals surface area contributed by atoms with Crippen LogP contribution in [0.1, 0.15) is 30.8 Å². The van der Waals surface area contributed by atoms with Crippen LogP contribution in [-0.2, 0) is 12.3 Å². The van der Waals surface area contributed by atoms with Gasteiger partial charge in [-0.05, 0) is 37.7 Å². The van der Waals surface area contributed by atoms with E-state index in [0.717, 1.165) is 36.5 Å². The molecule has 1 aromatic rings. The number of furan rings is 1. The lowest BCUT2D eigenvalue weighted by atomic mass is 9.80. The Morgan fingerprint density at radius 1 is 1.44 bits per heavy atom. The third-order valence-electron chi connectivity index (χ3n) is 3.04. The maximum absolute atomic E-state index is 9.88. The molecule has 1 heterocycles. The second-order valence-electron chi connectivity index (χ2n) is 4.48. The molecule has 90 valence electrons. The van der Waals surface area contributed by atoms with Crippen LogP contribution < -0.4 is 5.32 Å². The van der Waals surface area contributed by atoms with E-state index in [9.17, 15) is 5.11 Å². The first-order valence-electron chi connectivity index (χ1n) is 5.71. The van der Waals surface area contributed by atoms with Crippen molar-refractivity contribution in [1.29, 1.82) is 0 Å². The Morgan fingerprint density at radius 2 is 2.19 bits per heavy atom. The van der Waals surface area contributed by atoms with Gasteiger partial charge in [-0.3, -0.25) is 0 Å². The largest absolute Gasteiger partial charge is 0.464 e. The van der Waals surface area contributed by atoms with Crippen LogP contribution in [0.3, 0.4) is 0 Å². The van der Waals surface area contributed by atoms with E-state index in [0.29, 0.717) is 13.1 Å². The average molecular weight is 241 g/mol. The Kier molecular flexibility index (Phi) is 3.95. The third-order valence-corrected chi connectivity index (χ3v) is 3.61. The summed E-state index contributed by atoms with van der Waals surface area (Å²) in [4.78, 5) is 0. The maximum Gasteiger partial charge on any atom is 0.118 e. The van der Waals surface area contributed by atoms with Crippen molar-refractivity contribution in [2.75, 3.05) is 12.8 Å². The molecule has 0 aliphatic heterocycles. The molecule has 4 heteroatoms. The Labute approximate surface area is 101 Å². The van der Waals surface area contributed by atoms with E-state index in [1.807, 2.05) is 12.1 Å². The zero-order valence-electron chi connectivity index (χ0n) is 9.66. The van der Waals surface area contributed by atoms with Gasteiger partial charge in [0, 0.05) is 6.54 Å². The highest BCUT2D eigenvalue weighted by Gasteiger charge is 2.33. The highest BCUT2D eigenvalue weighted by molar-refractivity contribution is 7.97. The molecule has 0 spiro atoms. The van der Waals surface area contributed by atoms with E-state index in [1.165, 1.54) is 0 Å². The molecular weight excluding hydrogens is 222 g/mol. The molecule has 1 saturated carbocycles. The van der Waals surface area contributed by atoms with Crippen LogP contribution in [0.4, 0.5) is 0 Å². The second-order valence-corrected chi connectivity index (χ2v) is 5.35. The normalized spacial score (nSPS) is 18.4. The summed E-state index contributed by atoms with van der Waals surface area (Å²) in [5.74, 6) is 2.89. The minimum Gasteiger partial charge on any atom is -0.464 e. The van der Waals surface area contributed by atoms with E-state index in [-0.39, 0.29) is 0 Å². The van der Waals surface area contributed by atoms with Gasteiger partial charge in [0.15, 0.2) is 0 Å². The molecule has 2 rings (SSSR count). The Balaban J connectivity index is 1.72. The van der Waals surface area contributed by atoms with Crippen LogP contribution in [0.15, 0.2) is 16.5 Å². The van der Waals surface area contributed by atoms with Crippen LogP contribution in [0.2, 0.25) is 0 Å². The molecule has 0 amide bonds. The lowest BCUT2D eigenvalue weighted by molar-refractivity contribution is -0.0317. The van der Waals surface area contributed by atoms with E-state index in [2.05, 4.69) is 11.6 Å². The minimum absolute atomic E-state index is 0.450. The summed E-state index contributed by atoms with van der Waals surface area (Å²) in [5, 5.41) is 13.1. The molecule has 0 radical (unpaired) electrons. The van der Waals surface area contributed by atoms with Crippen molar-refractivity contribution < 1.29 is 9.52 Å². The van der Waals surface area contributed by atoms with Gasteiger partial charge in [-0.15, -0.1) is 0 Å². The number of rotatable bonds is 6. The fraction of sp³-hybridized carbons (Fsp3) is 0.667. The van der Waals surface area contributed by atoms with Crippen molar-refractivity contribution in [3.8, 4) is 0 Å². The zero-order valence-corrected chi connectivity index (χ0v) is 10.5. The summed E-state index contributed by atoms with van der Waals surface area (Å²) >= 11 is 1.75. The molecule has 1 aliphatic rings. The van der Waals surface area contributed by atoms with Gasteiger partial charge in [-0.1, -0.05) is 0 Å². The van der Waals surface area contributed by atoms with Crippen molar-refractivity contribution in [1.82, 2.24) is 5.32 Å². The van der Waals surface area contributed by atoms with Gasteiger partial charge in [-0.2, -0.15) is 11.8 Å². The van der Waals surface area contributed by atoms with Crippen LogP contribution in [0.25, 0.3) is 0 Å². The van der Waals surface area contributed by atoms with E-state index in [4.69, 9.17) is 4.42 Å². The summed E-state index contributed by atoms with van der Waals surface area (Å²) in [6.45, 7) is 1.38. The van der Waals surface area contributed by atoms with Crippen LogP contribution in [-0.4, -0.2) is 23.5 Å².